The minimum atomic E-state index is -1.07. The summed E-state index contributed by atoms with van der Waals surface area (Å²) in [6, 6.07) is 1.84. The first-order chi connectivity index (χ1) is 11.6. The van der Waals surface area contributed by atoms with E-state index in [1.165, 1.54) is 0 Å². The number of aromatic hydroxyl groups is 1. The Kier molecular flexibility index (Phi) is 5.70. The maximum Gasteiger partial charge on any atom is 0.339 e. The van der Waals surface area contributed by atoms with Gasteiger partial charge in [-0.1, -0.05) is 47.5 Å². The SMILES string of the molecule is CCCc1cc2c(c(O)c1C(=O)O)C(C(C)(C)[C@@H](C)CC)C[C@H](C)O2. The molecule has 1 aromatic carbocycles. The van der Waals surface area contributed by atoms with Crippen LogP contribution in [0.3, 0.4) is 0 Å². The van der Waals surface area contributed by atoms with Gasteiger partial charge in [0.1, 0.15) is 17.1 Å². The molecule has 0 aromatic heterocycles. The van der Waals surface area contributed by atoms with Crippen molar-refractivity contribution < 1.29 is 19.7 Å². The Balaban J connectivity index is 2.70. The number of aromatic carboxylic acids is 1. The zero-order chi connectivity index (χ0) is 18.9. The molecule has 1 heterocycles. The second kappa shape index (κ2) is 7.27. The monoisotopic (exact) mass is 348 g/mol. The molecule has 4 nitrogen and oxygen atoms in total. The van der Waals surface area contributed by atoms with Gasteiger partial charge in [-0.25, -0.2) is 4.79 Å². The first kappa shape index (κ1) is 19.6. The van der Waals surface area contributed by atoms with E-state index in [1.54, 1.807) is 0 Å². The molecule has 1 aromatic rings. The molecular weight excluding hydrogens is 316 g/mol. The summed E-state index contributed by atoms with van der Waals surface area (Å²) >= 11 is 0. The van der Waals surface area contributed by atoms with Crippen molar-refractivity contribution in [1.29, 1.82) is 0 Å². The highest BCUT2D eigenvalue weighted by Crippen LogP contribution is 2.54. The fraction of sp³-hybridized carbons (Fsp3) is 0.667. The zero-order valence-corrected chi connectivity index (χ0v) is 16.3. The summed E-state index contributed by atoms with van der Waals surface area (Å²) in [5.74, 6) is 0.00361. The van der Waals surface area contributed by atoms with Gasteiger partial charge in [-0.15, -0.1) is 0 Å². The largest absolute Gasteiger partial charge is 0.507 e. The molecule has 0 amide bonds. The molecular formula is C21H32O4. The normalized spacial score (nSPS) is 21.4. The quantitative estimate of drug-likeness (QED) is 0.725. The molecule has 1 unspecified atom stereocenters. The Morgan fingerprint density at radius 2 is 2.04 bits per heavy atom. The fourth-order valence-electron chi connectivity index (χ4n) is 4.11. The smallest absolute Gasteiger partial charge is 0.339 e. The molecule has 0 bridgehead atoms. The summed E-state index contributed by atoms with van der Waals surface area (Å²) in [4.78, 5) is 11.8. The summed E-state index contributed by atoms with van der Waals surface area (Å²) in [5, 5.41) is 20.6. The molecule has 0 aliphatic carbocycles. The molecule has 2 N–H and O–H groups in total. The van der Waals surface area contributed by atoms with Crippen LogP contribution in [-0.4, -0.2) is 22.3 Å². The second-order valence-electron chi connectivity index (χ2n) is 8.07. The molecule has 1 aliphatic heterocycles. The van der Waals surface area contributed by atoms with E-state index in [2.05, 4.69) is 27.7 Å². The Bertz CT molecular complexity index is 648. The maximum absolute atomic E-state index is 11.8. The number of fused-ring (bicyclic) bond motifs is 1. The third-order valence-corrected chi connectivity index (χ3v) is 6.14. The highest BCUT2D eigenvalue weighted by atomic mass is 16.5. The van der Waals surface area contributed by atoms with Crippen molar-refractivity contribution in [2.24, 2.45) is 11.3 Å². The van der Waals surface area contributed by atoms with Gasteiger partial charge in [0.05, 0.1) is 6.10 Å². The van der Waals surface area contributed by atoms with Gasteiger partial charge in [-0.3, -0.25) is 0 Å². The highest BCUT2D eigenvalue weighted by Gasteiger charge is 2.42. The first-order valence-corrected chi connectivity index (χ1v) is 9.43. The van der Waals surface area contributed by atoms with Gasteiger partial charge in [0, 0.05) is 11.5 Å². The summed E-state index contributed by atoms with van der Waals surface area (Å²) in [7, 11) is 0. The van der Waals surface area contributed by atoms with E-state index in [0.717, 1.165) is 19.3 Å². The van der Waals surface area contributed by atoms with E-state index in [-0.39, 0.29) is 28.7 Å². The number of phenols is 1. The highest BCUT2D eigenvalue weighted by molar-refractivity contribution is 5.94. The lowest BCUT2D eigenvalue weighted by Crippen LogP contribution is -2.36. The van der Waals surface area contributed by atoms with Crippen molar-refractivity contribution in [1.82, 2.24) is 0 Å². The minimum absolute atomic E-state index is 0.0451. The lowest BCUT2D eigenvalue weighted by molar-refractivity contribution is 0.0688. The average molecular weight is 348 g/mol. The molecule has 1 aliphatic rings. The third kappa shape index (κ3) is 3.49. The van der Waals surface area contributed by atoms with Crippen LogP contribution in [-0.2, 0) is 6.42 Å². The Labute approximate surface area is 151 Å². The standard InChI is InChI=1S/C21H32O4/c1-7-9-14-11-16-18(19(22)17(14)20(23)24)15(10-13(4)25-16)21(5,6)12(3)8-2/h11-13,15,22H,7-10H2,1-6H3,(H,23,24)/t12-,13-,15?/m0/s1. The lowest BCUT2D eigenvalue weighted by atomic mass is 9.63. The fourth-order valence-corrected chi connectivity index (χ4v) is 4.11. The van der Waals surface area contributed by atoms with Crippen LogP contribution < -0.4 is 4.74 Å². The average Bonchev–Trinajstić information content (AvgIpc) is 2.52. The second-order valence-corrected chi connectivity index (χ2v) is 8.07. The number of rotatable bonds is 6. The molecule has 25 heavy (non-hydrogen) atoms. The van der Waals surface area contributed by atoms with Crippen LogP contribution in [0.2, 0.25) is 0 Å². The number of hydrogen-bond acceptors (Lipinski definition) is 3. The van der Waals surface area contributed by atoms with Crippen molar-refractivity contribution in [2.45, 2.75) is 79.2 Å². The van der Waals surface area contributed by atoms with E-state index in [1.807, 2.05) is 19.9 Å². The van der Waals surface area contributed by atoms with E-state index < -0.39 is 5.97 Å². The maximum atomic E-state index is 11.8. The van der Waals surface area contributed by atoms with Crippen molar-refractivity contribution in [3.8, 4) is 11.5 Å². The van der Waals surface area contributed by atoms with E-state index in [4.69, 9.17) is 4.74 Å². The number of hydrogen-bond donors (Lipinski definition) is 2. The van der Waals surface area contributed by atoms with Crippen LogP contribution in [0.4, 0.5) is 0 Å². The minimum Gasteiger partial charge on any atom is -0.507 e. The summed E-state index contributed by atoms with van der Waals surface area (Å²) < 4.78 is 6.02. The van der Waals surface area contributed by atoms with Gasteiger partial charge in [-0.2, -0.15) is 0 Å². The molecule has 3 atom stereocenters. The van der Waals surface area contributed by atoms with Gasteiger partial charge in [0.15, 0.2) is 0 Å². The van der Waals surface area contributed by atoms with Crippen molar-refractivity contribution >= 4 is 5.97 Å². The van der Waals surface area contributed by atoms with Crippen LogP contribution in [0, 0.1) is 11.3 Å². The molecule has 4 heteroatoms. The number of carboxylic acids is 1. The molecule has 0 saturated carbocycles. The Morgan fingerprint density at radius 3 is 2.56 bits per heavy atom. The Hall–Kier alpha value is -1.71. The van der Waals surface area contributed by atoms with Gasteiger partial charge < -0.3 is 14.9 Å². The topological polar surface area (TPSA) is 66.8 Å². The van der Waals surface area contributed by atoms with Crippen LogP contribution in [0.15, 0.2) is 6.07 Å². The van der Waals surface area contributed by atoms with Crippen molar-refractivity contribution in [3.05, 3.63) is 22.8 Å². The molecule has 140 valence electrons. The van der Waals surface area contributed by atoms with Crippen LogP contribution in [0.25, 0.3) is 0 Å². The summed E-state index contributed by atoms with van der Waals surface area (Å²) in [6.45, 7) is 12.9. The number of benzene rings is 1. The van der Waals surface area contributed by atoms with Gasteiger partial charge in [0.2, 0.25) is 0 Å². The molecule has 0 spiro atoms. The number of carbonyl (C=O) groups is 1. The zero-order valence-electron chi connectivity index (χ0n) is 16.3. The summed E-state index contributed by atoms with van der Waals surface area (Å²) in [5.41, 5.74) is 1.31. The van der Waals surface area contributed by atoms with Crippen molar-refractivity contribution in [2.75, 3.05) is 0 Å². The van der Waals surface area contributed by atoms with Gasteiger partial charge in [-0.05, 0) is 42.7 Å². The molecule has 2 rings (SSSR count). The van der Waals surface area contributed by atoms with Gasteiger partial charge >= 0.3 is 5.97 Å². The molecule has 0 saturated heterocycles. The lowest BCUT2D eigenvalue weighted by Gasteiger charge is -2.44. The van der Waals surface area contributed by atoms with E-state index >= 15 is 0 Å². The third-order valence-electron chi connectivity index (χ3n) is 6.14. The number of carboxylic acid groups (broad SMARTS) is 1. The first-order valence-electron chi connectivity index (χ1n) is 9.43. The predicted octanol–water partition coefficient (Wildman–Crippen LogP) is 5.37. The molecule has 0 radical (unpaired) electrons. The van der Waals surface area contributed by atoms with Crippen LogP contribution in [0.1, 0.15) is 88.2 Å². The van der Waals surface area contributed by atoms with Gasteiger partial charge in [0.25, 0.3) is 0 Å². The van der Waals surface area contributed by atoms with E-state index in [9.17, 15) is 15.0 Å². The van der Waals surface area contributed by atoms with Crippen LogP contribution in [0.5, 0.6) is 11.5 Å². The molecule has 0 fully saturated rings. The Morgan fingerprint density at radius 1 is 1.40 bits per heavy atom. The predicted molar refractivity (Wildman–Crippen MR) is 99.7 cm³/mol. The number of ether oxygens (including phenoxy) is 1. The van der Waals surface area contributed by atoms with Crippen LogP contribution >= 0.6 is 0 Å². The van der Waals surface area contributed by atoms with E-state index in [0.29, 0.717) is 29.2 Å². The number of aryl methyl sites for hydroxylation is 1. The summed E-state index contributed by atoms with van der Waals surface area (Å²) in [6.07, 6.45) is 3.29. The van der Waals surface area contributed by atoms with Crippen molar-refractivity contribution in [3.63, 3.8) is 0 Å².